The molecule has 0 spiro atoms. The topological polar surface area (TPSA) is 66.3 Å². The number of anilines is 1. The molecule has 0 saturated heterocycles. The minimum absolute atomic E-state index is 0.127. The van der Waals surface area contributed by atoms with Gasteiger partial charge in [-0.15, -0.1) is 0 Å². The molecular formula is C10H12F3N3O2. The number of alkyl halides is 3. The maximum atomic E-state index is 12.7. The van der Waals surface area contributed by atoms with Gasteiger partial charge in [-0.05, 0) is 13.8 Å². The fourth-order valence-corrected chi connectivity index (χ4v) is 1.40. The highest BCUT2D eigenvalue weighted by atomic mass is 19.4. The molecule has 18 heavy (non-hydrogen) atoms. The van der Waals surface area contributed by atoms with Crippen molar-refractivity contribution in [2.24, 2.45) is 0 Å². The van der Waals surface area contributed by atoms with Gasteiger partial charge in [0, 0.05) is 19.3 Å². The summed E-state index contributed by atoms with van der Waals surface area (Å²) in [6.45, 7) is 4.34. The Bertz CT molecular complexity index is 444. The van der Waals surface area contributed by atoms with Crippen molar-refractivity contribution < 1.29 is 23.1 Å². The number of rotatable bonds is 4. The molecule has 100 valence electrons. The van der Waals surface area contributed by atoms with E-state index >= 15 is 0 Å². The molecule has 0 aromatic carbocycles. The van der Waals surface area contributed by atoms with Gasteiger partial charge in [0.25, 0.3) is 0 Å². The summed E-state index contributed by atoms with van der Waals surface area (Å²) >= 11 is 0. The van der Waals surface area contributed by atoms with Crippen LogP contribution in [0.25, 0.3) is 0 Å². The number of halogens is 3. The van der Waals surface area contributed by atoms with Gasteiger partial charge < -0.3 is 10.0 Å². The van der Waals surface area contributed by atoms with Crippen LogP contribution in [0.2, 0.25) is 0 Å². The van der Waals surface area contributed by atoms with Crippen molar-refractivity contribution in [1.82, 2.24) is 9.97 Å². The van der Waals surface area contributed by atoms with Gasteiger partial charge in [0.15, 0.2) is 5.69 Å². The average molecular weight is 263 g/mol. The van der Waals surface area contributed by atoms with Gasteiger partial charge in [-0.1, -0.05) is 0 Å². The summed E-state index contributed by atoms with van der Waals surface area (Å²) in [5.41, 5.74) is -2.37. The third-order valence-corrected chi connectivity index (χ3v) is 2.32. The van der Waals surface area contributed by atoms with Crippen LogP contribution in [0.15, 0.2) is 6.20 Å². The molecule has 0 atom stereocenters. The first-order chi connectivity index (χ1) is 8.31. The van der Waals surface area contributed by atoms with E-state index in [0.717, 1.165) is 0 Å². The van der Waals surface area contributed by atoms with Crippen molar-refractivity contribution >= 4 is 11.9 Å². The molecule has 0 amide bonds. The fourth-order valence-electron chi connectivity index (χ4n) is 1.40. The number of carboxylic acid groups (broad SMARTS) is 1. The predicted molar refractivity (Wildman–Crippen MR) is 57.6 cm³/mol. The number of hydrogen-bond donors (Lipinski definition) is 1. The summed E-state index contributed by atoms with van der Waals surface area (Å²) < 4.78 is 38.1. The fraction of sp³-hybridized carbons (Fsp3) is 0.500. The second-order valence-corrected chi connectivity index (χ2v) is 3.41. The lowest BCUT2D eigenvalue weighted by Crippen LogP contribution is -2.26. The van der Waals surface area contributed by atoms with E-state index in [4.69, 9.17) is 5.11 Å². The van der Waals surface area contributed by atoms with Crippen LogP contribution in [0.1, 0.15) is 29.9 Å². The van der Waals surface area contributed by atoms with E-state index < -0.39 is 23.4 Å². The smallest absolute Gasteiger partial charge is 0.434 e. The monoisotopic (exact) mass is 263 g/mol. The Hall–Kier alpha value is -1.86. The zero-order valence-corrected chi connectivity index (χ0v) is 9.82. The van der Waals surface area contributed by atoms with Gasteiger partial charge in [0.05, 0.1) is 0 Å². The van der Waals surface area contributed by atoms with E-state index in [2.05, 4.69) is 9.97 Å². The number of aromatic carboxylic acids is 1. The molecule has 0 fully saturated rings. The first kappa shape index (κ1) is 14.2. The van der Waals surface area contributed by atoms with Crippen LogP contribution >= 0.6 is 0 Å². The van der Waals surface area contributed by atoms with Gasteiger partial charge in [-0.3, -0.25) is 0 Å². The normalized spacial score (nSPS) is 11.4. The number of hydrogen-bond acceptors (Lipinski definition) is 4. The quantitative estimate of drug-likeness (QED) is 0.900. The van der Waals surface area contributed by atoms with Gasteiger partial charge in [-0.25, -0.2) is 14.8 Å². The van der Waals surface area contributed by atoms with Crippen LogP contribution in [0.5, 0.6) is 0 Å². The van der Waals surface area contributed by atoms with Crippen LogP contribution in [-0.2, 0) is 6.18 Å². The minimum Gasteiger partial charge on any atom is -0.478 e. The Kier molecular flexibility index (Phi) is 4.10. The highest BCUT2D eigenvalue weighted by Crippen LogP contribution is 2.31. The van der Waals surface area contributed by atoms with Crippen LogP contribution < -0.4 is 4.90 Å². The molecule has 1 rings (SSSR count). The van der Waals surface area contributed by atoms with Gasteiger partial charge >= 0.3 is 12.1 Å². The van der Waals surface area contributed by atoms with E-state index in [1.165, 1.54) is 4.90 Å². The summed E-state index contributed by atoms with van der Waals surface area (Å²) in [6.07, 6.45) is -4.13. The number of carboxylic acids is 1. The summed E-state index contributed by atoms with van der Waals surface area (Å²) in [4.78, 5) is 19.2. The van der Waals surface area contributed by atoms with E-state index in [1.54, 1.807) is 13.8 Å². The molecule has 1 aromatic rings. The standard InChI is InChI=1S/C10H12F3N3O2/c1-3-16(4-2)9-14-5-6(8(17)18)7(15-9)10(11,12)13/h5H,3-4H2,1-2H3,(H,17,18). The van der Waals surface area contributed by atoms with Crippen LogP contribution in [0.4, 0.5) is 19.1 Å². The van der Waals surface area contributed by atoms with E-state index in [1.807, 2.05) is 0 Å². The molecule has 0 aliphatic rings. The Labute approximate surface area is 101 Å². The summed E-state index contributed by atoms with van der Waals surface area (Å²) in [5.74, 6) is -1.83. The molecule has 0 bridgehead atoms. The van der Waals surface area contributed by atoms with E-state index in [9.17, 15) is 18.0 Å². The molecule has 8 heteroatoms. The lowest BCUT2D eigenvalue weighted by molar-refractivity contribution is -0.141. The second kappa shape index (κ2) is 5.19. The third kappa shape index (κ3) is 2.88. The Morgan fingerprint density at radius 3 is 2.33 bits per heavy atom. The predicted octanol–water partition coefficient (Wildman–Crippen LogP) is 2.04. The zero-order valence-electron chi connectivity index (χ0n) is 9.82. The van der Waals surface area contributed by atoms with Crippen LogP contribution in [-0.4, -0.2) is 34.1 Å². The molecule has 1 aromatic heterocycles. The highest BCUT2D eigenvalue weighted by Gasteiger charge is 2.38. The van der Waals surface area contributed by atoms with Crippen LogP contribution in [0, 0.1) is 0 Å². The second-order valence-electron chi connectivity index (χ2n) is 3.41. The number of carbonyl (C=O) groups is 1. The van der Waals surface area contributed by atoms with E-state index in [0.29, 0.717) is 19.3 Å². The van der Waals surface area contributed by atoms with Crippen molar-refractivity contribution in [3.63, 3.8) is 0 Å². The molecule has 0 saturated carbocycles. The highest BCUT2D eigenvalue weighted by molar-refractivity contribution is 5.88. The van der Waals surface area contributed by atoms with Crippen molar-refractivity contribution in [2.75, 3.05) is 18.0 Å². The molecule has 0 radical (unpaired) electrons. The minimum atomic E-state index is -4.82. The van der Waals surface area contributed by atoms with Crippen LogP contribution in [0.3, 0.4) is 0 Å². The summed E-state index contributed by atoms with van der Waals surface area (Å²) in [5, 5.41) is 8.68. The van der Waals surface area contributed by atoms with Gasteiger partial charge in [-0.2, -0.15) is 13.2 Å². The van der Waals surface area contributed by atoms with Gasteiger partial charge in [0.2, 0.25) is 5.95 Å². The Morgan fingerprint density at radius 2 is 1.94 bits per heavy atom. The molecule has 0 unspecified atom stereocenters. The molecule has 0 aliphatic carbocycles. The molecular weight excluding hydrogens is 251 g/mol. The molecule has 5 nitrogen and oxygen atoms in total. The number of aromatic nitrogens is 2. The number of nitrogens with zero attached hydrogens (tertiary/aromatic N) is 3. The van der Waals surface area contributed by atoms with E-state index in [-0.39, 0.29) is 5.95 Å². The Morgan fingerprint density at radius 1 is 1.39 bits per heavy atom. The molecule has 1 heterocycles. The SMILES string of the molecule is CCN(CC)c1ncc(C(=O)O)c(C(F)(F)F)n1. The molecule has 1 N–H and O–H groups in total. The maximum absolute atomic E-state index is 12.7. The van der Waals surface area contributed by atoms with Gasteiger partial charge in [0.1, 0.15) is 5.56 Å². The maximum Gasteiger partial charge on any atom is 0.434 e. The average Bonchev–Trinajstić information content (AvgIpc) is 2.29. The summed E-state index contributed by atoms with van der Waals surface area (Å²) in [7, 11) is 0. The lowest BCUT2D eigenvalue weighted by Gasteiger charge is -2.19. The van der Waals surface area contributed by atoms with Crippen molar-refractivity contribution in [1.29, 1.82) is 0 Å². The van der Waals surface area contributed by atoms with Crippen molar-refractivity contribution in [3.8, 4) is 0 Å². The molecule has 0 aliphatic heterocycles. The zero-order chi connectivity index (χ0) is 13.9. The first-order valence-corrected chi connectivity index (χ1v) is 5.23. The third-order valence-electron chi connectivity index (χ3n) is 2.32. The lowest BCUT2D eigenvalue weighted by atomic mass is 10.2. The largest absolute Gasteiger partial charge is 0.478 e. The van der Waals surface area contributed by atoms with Crippen molar-refractivity contribution in [3.05, 3.63) is 17.5 Å². The van der Waals surface area contributed by atoms with Crippen molar-refractivity contribution in [2.45, 2.75) is 20.0 Å². The summed E-state index contributed by atoms with van der Waals surface area (Å²) in [6, 6.07) is 0. The Balaban J connectivity index is 3.34. The first-order valence-electron chi connectivity index (χ1n) is 5.23.